The quantitative estimate of drug-likeness (QED) is 0.515. The van der Waals surface area contributed by atoms with E-state index in [0.717, 1.165) is 11.8 Å². The fourth-order valence-corrected chi connectivity index (χ4v) is 6.89. The molecule has 2 N–H and O–H groups in total. The molecule has 2 aliphatic rings. The Balaban J connectivity index is 1.54. The number of sulfone groups is 1. The summed E-state index contributed by atoms with van der Waals surface area (Å²) in [6.07, 6.45) is 1.94. The van der Waals surface area contributed by atoms with Crippen LogP contribution in [0.25, 0.3) is 17.4 Å². The first-order valence-electron chi connectivity index (χ1n) is 8.74. The van der Waals surface area contributed by atoms with Crippen LogP contribution in [0, 0.1) is 0 Å². The van der Waals surface area contributed by atoms with Gasteiger partial charge in [0.05, 0.1) is 27.3 Å². The van der Waals surface area contributed by atoms with Crippen molar-refractivity contribution in [3.8, 4) is 11.3 Å². The maximum absolute atomic E-state index is 12.8. The molecule has 4 rings (SSSR count). The number of sulfonamides is 1. The molecule has 0 bridgehead atoms. The van der Waals surface area contributed by atoms with E-state index < -0.39 is 25.9 Å². The average Bonchev–Trinajstić information content (AvgIpc) is 3.33. The molecule has 158 valence electrons. The van der Waals surface area contributed by atoms with Crippen LogP contribution in [-0.2, 0) is 24.7 Å². The number of rotatable bonds is 4. The molecular formula is C18H16N2O6S4. The van der Waals surface area contributed by atoms with Crippen molar-refractivity contribution >= 4 is 60.1 Å². The molecule has 8 nitrogen and oxygen atoms in total. The smallest absolute Gasteiger partial charge is 0.266 e. The molecule has 2 saturated heterocycles. The van der Waals surface area contributed by atoms with Gasteiger partial charge in [0, 0.05) is 11.6 Å². The summed E-state index contributed by atoms with van der Waals surface area (Å²) in [6.45, 7) is 0. The summed E-state index contributed by atoms with van der Waals surface area (Å²) in [5.74, 6) is 0.549. The second-order valence-corrected chi connectivity index (χ2v) is 12.3. The number of amides is 1. The summed E-state index contributed by atoms with van der Waals surface area (Å²) >= 11 is 6.40. The van der Waals surface area contributed by atoms with Crippen molar-refractivity contribution in [1.82, 2.24) is 4.90 Å². The van der Waals surface area contributed by atoms with Gasteiger partial charge in [-0.15, -0.1) is 0 Å². The monoisotopic (exact) mass is 484 g/mol. The molecule has 0 unspecified atom stereocenters. The standard InChI is InChI=1S/C18H16N2O6S4/c19-30(24,25)14-4-1-11(2-5-14)15-6-3-13(26-15)9-16-17(21)20(18(27)28-16)12-7-8-29(22,23)10-12/h1-6,9,12H,7-8,10H2,(H2,19,24,25)/b16-9-/t12-/m1/s1. The highest BCUT2D eigenvalue weighted by molar-refractivity contribution is 8.26. The van der Waals surface area contributed by atoms with Crippen LogP contribution in [0.15, 0.2) is 50.6 Å². The van der Waals surface area contributed by atoms with Crippen molar-refractivity contribution in [1.29, 1.82) is 0 Å². The number of carbonyl (C=O) groups excluding carboxylic acids is 1. The van der Waals surface area contributed by atoms with Crippen molar-refractivity contribution in [2.45, 2.75) is 17.4 Å². The number of thioether (sulfide) groups is 1. The van der Waals surface area contributed by atoms with E-state index in [1.165, 1.54) is 17.0 Å². The van der Waals surface area contributed by atoms with Crippen LogP contribution < -0.4 is 5.14 Å². The molecule has 1 aromatic carbocycles. The second kappa shape index (κ2) is 7.61. The number of hydrogen-bond donors (Lipinski definition) is 1. The van der Waals surface area contributed by atoms with Crippen LogP contribution >= 0.6 is 24.0 Å². The minimum absolute atomic E-state index is 0.00405. The van der Waals surface area contributed by atoms with Gasteiger partial charge in [-0.3, -0.25) is 9.69 Å². The predicted octanol–water partition coefficient (Wildman–Crippen LogP) is 1.98. The normalized spacial score (nSPS) is 22.9. The van der Waals surface area contributed by atoms with Gasteiger partial charge < -0.3 is 4.42 Å². The number of hydrogen-bond acceptors (Lipinski definition) is 8. The highest BCUT2D eigenvalue weighted by atomic mass is 32.2. The summed E-state index contributed by atoms with van der Waals surface area (Å²) < 4.78 is 52.3. The molecular weight excluding hydrogens is 468 g/mol. The van der Waals surface area contributed by atoms with Gasteiger partial charge in [0.15, 0.2) is 9.84 Å². The molecule has 2 fully saturated rings. The molecule has 0 saturated carbocycles. The molecule has 1 aromatic heterocycles. The maximum atomic E-state index is 12.8. The Hall–Kier alpha value is -1.99. The molecule has 0 radical (unpaired) electrons. The minimum atomic E-state index is -3.78. The Labute approximate surface area is 183 Å². The van der Waals surface area contributed by atoms with Gasteiger partial charge in [-0.1, -0.05) is 24.0 Å². The summed E-state index contributed by atoms with van der Waals surface area (Å²) in [6, 6.07) is 8.85. The summed E-state index contributed by atoms with van der Waals surface area (Å²) in [7, 11) is -6.92. The van der Waals surface area contributed by atoms with E-state index in [9.17, 15) is 21.6 Å². The van der Waals surface area contributed by atoms with Gasteiger partial charge in [-0.2, -0.15) is 0 Å². The molecule has 3 heterocycles. The molecule has 0 spiro atoms. The number of nitrogens with zero attached hydrogens (tertiary/aromatic N) is 1. The molecule has 30 heavy (non-hydrogen) atoms. The first-order chi connectivity index (χ1) is 14.0. The molecule has 12 heteroatoms. The van der Waals surface area contributed by atoms with Gasteiger partial charge in [0.2, 0.25) is 10.0 Å². The topological polar surface area (TPSA) is 128 Å². The van der Waals surface area contributed by atoms with E-state index in [-0.39, 0.29) is 22.3 Å². The highest BCUT2D eigenvalue weighted by Gasteiger charge is 2.42. The van der Waals surface area contributed by atoms with Gasteiger partial charge in [0.25, 0.3) is 5.91 Å². The number of furan rings is 1. The second-order valence-electron chi connectivity index (χ2n) is 6.88. The average molecular weight is 485 g/mol. The van der Waals surface area contributed by atoms with Crippen LogP contribution in [0.3, 0.4) is 0 Å². The lowest BCUT2D eigenvalue weighted by Gasteiger charge is -2.20. The number of carbonyl (C=O) groups is 1. The zero-order chi connectivity index (χ0) is 21.7. The molecule has 0 aliphatic carbocycles. The molecule has 1 atom stereocenters. The van der Waals surface area contributed by atoms with Crippen LogP contribution in [0.4, 0.5) is 0 Å². The van der Waals surface area contributed by atoms with E-state index in [1.807, 2.05) is 0 Å². The van der Waals surface area contributed by atoms with Crippen molar-refractivity contribution in [2.24, 2.45) is 5.14 Å². The zero-order valence-corrected chi connectivity index (χ0v) is 18.6. The third kappa shape index (κ3) is 4.23. The van der Waals surface area contributed by atoms with Crippen molar-refractivity contribution in [2.75, 3.05) is 11.5 Å². The highest BCUT2D eigenvalue weighted by Crippen LogP contribution is 2.37. The van der Waals surface area contributed by atoms with Crippen LogP contribution in [-0.4, -0.2) is 49.5 Å². The summed E-state index contributed by atoms with van der Waals surface area (Å²) in [5.41, 5.74) is 0.644. The van der Waals surface area contributed by atoms with Crippen molar-refractivity contribution in [3.63, 3.8) is 0 Å². The van der Waals surface area contributed by atoms with Crippen molar-refractivity contribution in [3.05, 3.63) is 47.1 Å². The first kappa shape index (κ1) is 21.2. The fraction of sp³-hybridized carbons (Fsp3) is 0.222. The van der Waals surface area contributed by atoms with Gasteiger partial charge in [-0.25, -0.2) is 22.0 Å². The number of nitrogens with two attached hydrogens (primary N) is 1. The number of thiocarbonyl (C=S) groups is 1. The van der Waals surface area contributed by atoms with Crippen molar-refractivity contribution < 1.29 is 26.0 Å². The Morgan fingerprint density at radius 3 is 2.50 bits per heavy atom. The largest absolute Gasteiger partial charge is 0.457 e. The first-order valence-corrected chi connectivity index (χ1v) is 13.3. The fourth-order valence-electron chi connectivity index (χ4n) is 3.30. The van der Waals surface area contributed by atoms with E-state index in [4.69, 9.17) is 21.8 Å². The minimum Gasteiger partial charge on any atom is -0.457 e. The Bertz CT molecular complexity index is 1280. The zero-order valence-electron chi connectivity index (χ0n) is 15.3. The SMILES string of the molecule is NS(=O)(=O)c1ccc(-c2ccc(/C=C3\SC(=S)N([C@@H]4CCS(=O)(=O)C4)C3=O)o2)cc1. The predicted molar refractivity (Wildman–Crippen MR) is 118 cm³/mol. The third-order valence-corrected chi connectivity index (χ3v) is 8.77. The van der Waals surface area contributed by atoms with Crippen LogP contribution in [0.1, 0.15) is 12.2 Å². The van der Waals surface area contributed by atoms with Gasteiger partial charge in [0.1, 0.15) is 15.8 Å². The number of primary sulfonamides is 1. The van der Waals surface area contributed by atoms with E-state index in [1.54, 1.807) is 30.3 Å². The summed E-state index contributed by atoms with van der Waals surface area (Å²) in [5, 5.41) is 5.10. The van der Waals surface area contributed by atoms with E-state index in [0.29, 0.717) is 32.7 Å². The lowest BCUT2D eigenvalue weighted by atomic mass is 10.2. The number of benzene rings is 1. The Kier molecular flexibility index (Phi) is 5.39. The lowest BCUT2D eigenvalue weighted by molar-refractivity contribution is -0.123. The Morgan fingerprint density at radius 1 is 1.20 bits per heavy atom. The van der Waals surface area contributed by atoms with Gasteiger partial charge in [-0.05, 0) is 42.8 Å². The van der Waals surface area contributed by atoms with E-state index >= 15 is 0 Å². The third-order valence-electron chi connectivity index (χ3n) is 4.76. The molecule has 2 aliphatic heterocycles. The van der Waals surface area contributed by atoms with E-state index in [2.05, 4.69) is 0 Å². The van der Waals surface area contributed by atoms with Crippen LogP contribution in [0.5, 0.6) is 0 Å². The van der Waals surface area contributed by atoms with Crippen LogP contribution in [0.2, 0.25) is 0 Å². The maximum Gasteiger partial charge on any atom is 0.266 e. The summed E-state index contributed by atoms with van der Waals surface area (Å²) in [4.78, 5) is 14.5. The molecule has 2 aromatic rings. The van der Waals surface area contributed by atoms with Gasteiger partial charge >= 0.3 is 0 Å². The molecule has 1 amide bonds. The lowest BCUT2D eigenvalue weighted by Crippen LogP contribution is -2.39. The Morgan fingerprint density at radius 2 is 1.90 bits per heavy atom.